The molecule has 0 fully saturated rings. The summed E-state index contributed by atoms with van der Waals surface area (Å²) in [5.74, 6) is 0.955. The zero-order valence-corrected chi connectivity index (χ0v) is 18.4. The maximum Gasteiger partial charge on any atom is 0.343 e. The fourth-order valence-electron chi connectivity index (χ4n) is 2.99. The fourth-order valence-corrected chi connectivity index (χ4v) is 2.99. The molecule has 164 valence electrons. The van der Waals surface area contributed by atoms with Gasteiger partial charge in [-0.2, -0.15) is 0 Å². The average molecular weight is 432 g/mol. The van der Waals surface area contributed by atoms with E-state index in [1.807, 2.05) is 19.1 Å². The van der Waals surface area contributed by atoms with E-state index in [4.69, 9.17) is 18.9 Å². The van der Waals surface area contributed by atoms with Gasteiger partial charge in [0.2, 0.25) is 0 Å². The van der Waals surface area contributed by atoms with Crippen LogP contribution in [0.2, 0.25) is 0 Å². The van der Waals surface area contributed by atoms with Gasteiger partial charge in [0.1, 0.15) is 11.5 Å². The molecule has 0 N–H and O–H groups in total. The lowest BCUT2D eigenvalue weighted by atomic mass is 10.1. The topological polar surface area (TPSA) is 71.1 Å². The SMILES string of the molecule is COc1ccc(OC)c(C(=O)C=Cc2ccc(OC(=O)c3ccc(C)cc3)c(OC)c2)c1. The Morgan fingerprint density at radius 2 is 1.44 bits per heavy atom. The lowest BCUT2D eigenvalue weighted by molar-refractivity contribution is 0.0729. The quantitative estimate of drug-likeness (QED) is 0.213. The normalized spacial score (nSPS) is 10.6. The van der Waals surface area contributed by atoms with Crippen LogP contribution >= 0.6 is 0 Å². The zero-order chi connectivity index (χ0) is 23.1. The Labute approximate surface area is 187 Å². The van der Waals surface area contributed by atoms with Crippen molar-refractivity contribution in [2.24, 2.45) is 0 Å². The molecule has 32 heavy (non-hydrogen) atoms. The number of hydrogen-bond acceptors (Lipinski definition) is 6. The van der Waals surface area contributed by atoms with E-state index in [9.17, 15) is 9.59 Å². The molecule has 0 aliphatic carbocycles. The molecule has 0 bridgehead atoms. The molecule has 0 heterocycles. The molecule has 0 aromatic heterocycles. The first kappa shape index (κ1) is 22.6. The summed E-state index contributed by atoms with van der Waals surface area (Å²) in [6.45, 7) is 1.94. The summed E-state index contributed by atoms with van der Waals surface area (Å²) < 4.78 is 21.3. The van der Waals surface area contributed by atoms with Gasteiger partial charge in [-0.25, -0.2) is 4.79 Å². The number of carbonyl (C=O) groups excluding carboxylic acids is 2. The van der Waals surface area contributed by atoms with Crippen LogP contribution in [0.1, 0.15) is 31.8 Å². The Morgan fingerprint density at radius 3 is 2.09 bits per heavy atom. The number of hydrogen-bond donors (Lipinski definition) is 0. The Balaban J connectivity index is 1.78. The first-order chi connectivity index (χ1) is 15.4. The molecule has 0 radical (unpaired) electrons. The molecule has 0 saturated heterocycles. The van der Waals surface area contributed by atoms with Gasteiger partial charge in [0.25, 0.3) is 0 Å². The third kappa shape index (κ3) is 5.35. The predicted octanol–water partition coefficient (Wildman–Crippen LogP) is 5.14. The highest BCUT2D eigenvalue weighted by atomic mass is 16.6. The summed E-state index contributed by atoms with van der Waals surface area (Å²) in [6, 6.07) is 17.2. The van der Waals surface area contributed by atoms with Crippen LogP contribution in [0.4, 0.5) is 0 Å². The lowest BCUT2D eigenvalue weighted by Crippen LogP contribution is -2.09. The van der Waals surface area contributed by atoms with E-state index in [0.717, 1.165) is 5.56 Å². The minimum atomic E-state index is -0.480. The molecule has 0 aliphatic rings. The molecule has 0 atom stereocenters. The van der Waals surface area contributed by atoms with Crippen LogP contribution in [0, 0.1) is 6.92 Å². The molecular weight excluding hydrogens is 408 g/mol. The predicted molar refractivity (Wildman–Crippen MR) is 122 cm³/mol. The molecule has 0 aliphatic heterocycles. The number of ketones is 1. The van der Waals surface area contributed by atoms with Crippen molar-refractivity contribution in [3.8, 4) is 23.0 Å². The average Bonchev–Trinajstić information content (AvgIpc) is 2.82. The minimum Gasteiger partial charge on any atom is -0.497 e. The van der Waals surface area contributed by atoms with Crippen molar-refractivity contribution in [2.75, 3.05) is 21.3 Å². The third-order valence-electron chi connectivity index (χ3n) is 4.78. The van der Waals surface area contributed by atoms with Crippen molar-refractivity contribution < 1.29 is 28.5 Å². The first-order valence-corrected chi connectivity index (χ1v) is 9.86. The molecular formula is C26H24O6. The van der Waals surface area contributed by atoms with Gasteiger partial charge in [0.15, 0.2) is 17.3 Å². The standard InChI is InChI=1S/C26H24O6/c1-17-5-9-19(10-6-17)26(28)32-24-13-8-18(15-25(24)31-4)7-12-22(27)21-16-20(29-2)11-14-23(21)30-3/h5-16H,1-4H3. The van der Waals surface area contributed by atoms with Crippen molar-refractivity contribution in [2.45, 2.75) is 6.92 Å². The van der Waals surface area contributed by atoms with Crippen molar-refractivity contribution in [3.05, 3.63) is 89.0 Å². The summed E-state index contributed by atoms with van der Waals surface area (Å²) in [5, 5.41) is 0. The number of benzene rings is 3. The Bertz CT molecular complexity index is 1150. The number of allylic oxidation sites excluding steroid dienone is 1. The first-order valence-electron chi connectivity index (χ1n) is 9.86. The molecule has 3 rings (SSSR count). The second kappa shape index (κ2) is 10.3. The van der Waals surface area contributed by atoms with Gasteiger partial charge in [0.05, 0.1) is 32.5 Å². The Kier molecular flexibility index (Phi) is 7.29. The van der Waals surface area contributed by atoms with Gasteiger partial charge < -0.3 is 18.9 Å². The number of carbonyl (C=O) groups is 2. The highest BCUT2D eigenvalue weighted by Crippen LogP contribution is 2.30. The number of ether oxygens (including phenoxy) is 4. The van der Waals surface area contributed by atoms with Crippen molar-refractivity contribution >= 4 is 17.8 Å². The highest BCUT2D eigenvalue weighted by Gasteiger charge is 2.14. The van der Waals surface area contributed by atoms with Crippen LogP contribution in [0.5, 0.6) is 23.0 Å². The molecule has 6 heteroatoms. The van der Waals surface area contributed by atoms with E-state index in [-0.39, 0.29) is 11.5 Å². The zero-order valence-electron chi connectivity index (χ0n) is 18.4. The lowest BCUT2D eigenvalue weighted by Gasteiger charge is -2.10. The molecule has 0 spiro atoms. The highest BCUT2D eigenvalue weighted by molar-refractivity contribution is 6.09. The maximum atomic E-state index is 12.7. The van der Waals surface area contributed by atoms with E-state index in [1.165, 1.54) is 27.4 Å². The number of aryl methyl sites for hydroxylation is 1. The summed E-state index contributed by atoms with van der Waals surface area (Å²) in [7, 11) is 4.52. The monoisotopic (exact) mass is 432 g/mol. The number of rotatable bonds is 8. The molecule has 6 nitrogen and oxygen atoms in total. The van der Waals surface area contributed by atoms with Gasteiger partial charge in [-0.1, -0.05) is 29.8 Å². The smallest absolute Gasteiger partial charge is 0.343 e. The van der Waals surface area contributed by atoms with Gasteiger partial charge in [-0.05, 0) is 61.0 Å². The van der Waals surface area contributed by atoms with E-state index in [1.54, 1.807) is 54.6 Å². The maximum absolute atomic E-state index is 12.7. The van der Waals surface area contributed by atoms with E-state index in [0.29, 0.717) is 33.9 Å². The molecule has 3 aromatic rings. The summed E-state index contributed by atoms with van der Waals surface area (Å²) in [6.07, 6.45) is 3.08. The molecule has 3 aromatic carbocycles. The number of methoxy groups -OCH3 is 3. The van der Waals surface area contributed by atoms with Crippen molar-refractivity contribution in [1.29, 1.82) is 0 Å². The third-order valence-corrected chi connectivity index (χ3v) is 4.78. The van der Waals surface area contributed by atoms with Gasteiger partial charge in [-0.15, -0.1) is 0 Å². The van der Waals surface area contributed by atoms with E-state index < -0.39 is 5.97 Å². The molecule has 0 unspecified atom stereocenters. The summed E-state index contributed by atoms with van der Waals surface area (Å²) in [4.78, 5) is 25.1. The van der Waals surface area contributed by atoms with Crippen LogP contribution in [-0.2, 0) is 0 Å². The summed E-state index contributed by atoms with van der Waals surface area (Å²) in [5.41, 5.74) is 2.58. The second-order valence-corrected chi connectivity index (χ2v) is 6.93. The summed E-state index contributed by atoms with van der Waals surface area (Å²) >= 11 is 0. The minimum absolute atomic E-state index is 0.241. The molecule has 0 saturated carbocycles. The fraction of sp³-hybridized carbons (Fsp3) is 0.154. The molecule has 0 amide bonds. The van der Waals surface area contributed by atoms with Crippen molar-refractivity contribution in [1.82, 2.24) is 0 Å². The second-order valence-electron chi connectivity index (χ2n) is 6.93. The van der Waals surface area contributed by atoms with Gasteiger partial charge in [0, 0.05) is 0 Å². The van der Waals surface area contributed by atoms with Crippen molar-refractivity contribution in [3.63, 3.8) is 0 Å². The van der Waals surface area contributed by atoms with Crippen LogP contribution in [0.25, 0.3) is 6.08 Å². The van der Waals surface area contributed by atoms with Crippen LogP contribution < -0.4 is 18.9 Å². The van der Waals surface area contributed by atoms with Crippen LogP contribution in [0.15, 0.2) is 66.7 Å². The Morgan fingerprint density at radius 1 is 0.750 bits per heavy atom. The van der Waals surface area contributed by atoms with E-state index in [2.05, 4.69) is 0 Å². The van der Waals surface area contributed by atoms with E-state index >= 15 is 0 Å². The Hall–Kier alpha value is -4.06. The van der Waals surface area contributed by atoms with Gasteiger partial charge in [-0.3, -0.25) is 4.79 Å². The number of esters is 1. The van der Waals surface area contributed by atoms with Crippen LogP contribution in [0.3, 0.4) is 0 Å². The largest absolute Gasteiger partial charge is 0.497 e. The van der Waals surface area contributed by atoms with Gasteiger partial charge >= 0.3 is 5.97 Å². The van der Waals surface area contributed by atoms with Crippen LogP contribution in [-0.4, -0.2) is 33.1 Å².